The monoisotopic (exact) mass is 297 g/mol. The third kappa shape index (κ3) is 1.74. The van der Waals surface area contributed by atoms with E-state index in [0.29, 0.717) is 11.5 Å². The SMILES string of the molecule is Cc1ccc2c(c1)[C@@]13CCCC[C@H]1[C@@H](C2)N(C1COC1)CC3. The smallest absolute Gasteiger partial charge is 0.0645 e. The Kier molecular flexibility index (Phi) is 2.97. The molecule has 2 aliphatic heterocycles. The highest BCUT2D eigenvalue weighted by atomic mass is 16.5. The first-order valence-corrected chi connectivity index (χ1v) is 9.21. The second kappa shape index (κ2) is 4.82. The summed E-state index contributed by atoms with van der Waals surface area (Å²) in [5.41, 5.74) is 5.34. The minimum atomic E-state index is 0.504. The number of piperidine rings is 1. The van der Waals surface area contributed by atoms with Gasteiger partial charge in [-0.2, -0.15) is 0 Å². The standard InChI is InChI=1S/C20H27NO/c1-14-5-6-15-11-19-17-4-2-3-7-20(17,18(15)10-14)8-9-21(19)16-12-22-13-16/h5-6,10,16-17,19H,2-4,7-9,11-13H2,1H3/t17-,19+,20+/m0/s1. The molecule has 1 aromatic carbocycles. The third-order valence-electron chi connectivity index (χ3n) is 7.12. The molecule has 1 aromatic rings. The van der Waals surface area contributed by atoms with Crippen LogP contribution in [0.2, 0.25) is 0 Å². The van der Waals surface area contributed by atoms with Gasteiger partial charge in [-0.1, -0.05) is 36.6 Å². The topological polar surface area (TPSA) is 12.5 Å². The fourth-order valence-corrected chi connectivity index (χ4v) is 6.02. The van der Waals surface area contributed by atoms with Crippen molar-refractivity contribution in [3.63, 3.8) is 0 Å². The van der Waals surface area contributed by atoms with Crippen LogP contribution in [-0.2, 0) is 16.6 Å². The van der Waals surface area contributed by atoms with Gasteiger partial charge >= 0.3 is 0 Å². The number of likely N-dealkylation sites (tertiary alicyclic amines) is 1. The summed E-state index contributed by atoms with van der Waals surface area (Å²) in [7, 11) is 0. The second-order valence-corrected chi connectivity index (χ2v) is 8.12. The molecule has 2 heterocycles. The normalized spacial score (nSPS) is 38.0. The molecule has 0 radical (unpaired) electrons. The molecule has 2 saturated heterocycles. The van der Waals surface area contributed by atoms with Gasteiger partial charge in [-0.05, 0) is 56.2 Å². The summed E-state index contributed by atoms with van der Waals surface area (Å²) in [6.07, 6.45) is 8.41. The third-order valence-corrected chi connectivity index (χ3v) is 7.12. The molecule has 0 N–H and O–H groups in total. The Morgan fingerprint density at radius 1 is 1.18 bits per heavy atom. The predicted molar refractivity (Wildman–Crippen MR) is 88.2 cm³/mol. The van der Waals surface area contributed by atoms with Crippen LogP contribution in [0.4, 0.5) is 0 Å². The van der Waals surface area contributed by atoms with Crippen LogP contribution in [0.25, 0.3) is 0 Å². The van der Waals surface area contributed by atoms with Gasteiger partial charge < -0.3 is 4.74 Å². The van der Waals surface area contributed by atoms with E-state index < -0.39 is 0 Å². The van der Waals surface area contributed by atoms with Crippen molar-refractivity contribution in [2.75, 3.05) is 19.8 Å². The molecule has 3 atom stereocenters. The Bertz CT molecular complexity index is 593. The number of benzene rings is 1. The van der Waals surface area contributed by atoms with Gasteiger partial charge in [0.2, 0.25) is 0 Å². The molecule has 118 valence electrons. The summed E-state index contributed by atoms with van der Waals surface area (Å²) in [6.45, 7) is 5.50. The first-order chi connectivity index (χ1) is 10.8. The van der Waals surface area contributed by atoms with E-state index in [1.807, 2.05) is 0 Å². The van der Waals surface area contributed by atoms with Gasteiger partial charge in [-0.15, -0.1) is 0 Å². The highest BCUT2D eigenvalue weighted by Gasteiger charge is 2.55. The summed E-state index contributed by atoms with van der Waals surface area (Å²) in [6, 6.07) is 8.78. The zero-order chi connectivity index (χ0) is 14.7. The van der Waals surface area contributed by atoms with Crippen LogP contribution in [0.3, 0.4) is 0 Å². The Labute approximate surface area is 133 Å². The van der Waals surface area contributed by atoms with E-state index in [4.69, 9.17) is 4.74 Å². The molecule has 2 heteroatoms. The van der Waals surface area contributed by atoms with Crippen molar-refractivity contribution in [2.24, 2.45) is 5.92 Å². The van der Waals surface area contributed by atoms with E-state index in [-0.39, 0.29) is 0 Å². The zero-order valence-corrected chi connectivity index (χ0v) is 13.7. The number of nitrogens with zero attached hydrogens (tertiary/aromatic N) is 1. The molecule has 0 spiro atoms. The maximum absolute atomic E-state index is 5.50. The number of hydrogen-bond donors (Lipinski definition) is 0. The molecule has 0 amide bonds. The van der Waals surface area contributed by atoms with Crippen LogP contribution < -0.4 is 0 Å². The zero-order valence-electron chi connectivity index (χ0n) is 13.7. The van der Waals surface area contributed by atoms with Crippen molar-refractivity contribution < 1.29 is 4.74 Å². The largest absolute Gasteiger partial charge is 0.378 e. The number of ether oxygens (including phenoxy) is 1. The second-order valence-electron chi connectivity index (χ2n) is 8.12. The lowest BCUT2D eigenvalue weighted by atomic mass is 9.52. The number of hydrogen-bond acceptors (Lipinski definition) is 2. The van der Waals surface area contributed by atoms with Crippen LogP contribution >= 0.6 is 0 Å². The summed E-state index contributed by atoms with van der Waals surface area (Å²) in [4.78, 5) is 2.83. The van der Waals surface area contributed by atoms with Crippen molar-refractivity contribution in [3.8, 4) is 0 Å². The van der Waals surface area contributed by atoms with E-state index >= 15 is 0 Å². The van der Waals surface area contributed by atoms with Crippen molar-refractivity contribution >= 4 is 0 Å². The van der Waals surface area contributed by atoms with Gasteiger partial charge in [-0.25, -0.2) is 0 Å². The molecular weight excluding hydrogens is 270 g/mol. The minimum absolute atomic E-state index is 0.504. The molecule has 2 bridgehead atoms. The van der Waals surface area contributed by atoms with E-state index in [1.165, 1.54) is 50.6 Å². The summed E-state index contributed by atoms with van der Waals surface area (Å²) in [5, 5.41) is 0. The minimum Gasteiger partial charge on any atom is -0.378 e. The molecule has 0 unspecified atom stereocenters. The van der Waals surface area contributed by atoms with E-state index in [0.717, 1.165) is 25.2 Å². The van der Waals surface area contributed by atoms with Gasteiger partial charge in [0.25, 0.3) is 0 Å². The van der Waals surface area contributed by atoms with Gasteiger partial charge in [0, 0.05) is 11.5 Å². The maximum atomic E-state index is 5.50. The average molecular weight is 297 g/mol. The molecule has 5 rings (SSSR count). The van der Waals surface area contributed by atoms with E-state index in [9.17, 15) is 0 Å². The van der Waals surface area contributed by atoms with Crippen molar-refractivity contribution in [1.29, 1.82) is 0 Å². The first-order valence-electron chi connectivity index (χ1n) is 9.21. The van der Waals surface area contributed by atoms with Gasteiger partial charge in [-0.3, -0.25) is 4.90 Å². The maximum Gasteiger partial charge on any atom is 0.0645 e. The molecule has 4 aliphatic rings. The molecule has 1 saturated carbocycles. The predicted octanol–water partition coefficient (Wildman–Crippen LogP) is 3.45. The fourth-order valence-electron chi connectivity index (χ4n) is 6.02. The highest BCUT2D eigenvalue weighted by molar-refractivity contribution is 5.43. The van der Waals surface area contributed by atoms with Crippen molar-refractivity contribution in [3.05, 3.63) is 34.9 Å². The lowest BCUT2D eigenvalue weighted by Crippen LogP contribution is -2.66. The Balaban J connectivity index is 1.61. The average Bonchev–Trinajstić information content (AvgIpc) is 2.49. The number of aryl methyl sites for hydroxylation is 1. The summed E-state index contributed by atoms with van der Waals surface area (Å²) in [5.74, 6) is 0.893. The van der Waals surface area contributed by atoms with Crippen molar-refractivity contribution in [1.82, 2.24) is 4.90 Å². The molecule has 22 heavy (non-hydrogen) atoms. The highest BCUT2D eigenvalue weighted by Crippen LogP contribution is 2.56. The quantitative estimate of drug-likeness (QED) is 0.787. The Morgan fingerprint density at radius 3 is 2.91 bits per heavy atom. The Morgan fingerprint density at radius 2 is 2.09 bits per heavy atom. The van der Waals surface area contributed by atoms with Gasteiger partial charge in [0.05, 0.1) is 19.3 Å². The lowest BCUT2D eigenvalue weighted by molar-refractivity contribution is -0.120. The van der Waals surface area contributed by atoms with Crippen LogP contribution in [0.15, 0.2) is 18.2 Å². The van der Waals surface area contributed by atoms with E-state index in [2.05, 4.69) is 30.0 Å². The van der Waals surface area contributed by atoms with Crippen molar-refractivity contribution in [2.45, 2.75) is 62.9 Å². The number of fused-ring (bicyclic) bond motifs is 1. The van der Waals surface area contributed by atoms with Crippen LogP contribution in [0, 0.1) is 12.8 Å². The Hall–Kier alpha value is -0.860. The lowest BCUT2D eigenvalue weighted by Gasteiger charge is -2.61. The molecule has 3 fully saturated rings. The summed E-state index contributed by atoms with van der Waals surface area (Å²) >= 11 is 0. The molecule has 2 aliphatic carbocycles. The van der Waals surface area contributed by atoms with E-state index in [1.54, 1.807) is 11.1 Å². The first kappa shape index (κ1) is 13.6. The molecular formula is C20H27NO. The van der Waals surface area contributed by atoms with Gasteiger partial charge in [0.15, 0.2) is 0 Å². The number of rotatable bonds is 1. The van der Waals surface area contributed by atoms with Gasteiger partial charge in [0.1, 0.15) is 0 Å². The molecule has 2 nitrogen and oxygen atoms in total. The fraction of sp³-hybridized carbons (Fsp3) is 0.700. The van der Waals surface area contributed by atoms with Crippen LogP contribution in [0.1, 0.15) is 48.8 Å². The summed E-state index contributed by atoms with van der Waals surface area (Å²) < 4.78 is 5.50. The van der Waals surface area contributed by atoms with Crippen LogP contribution in [0.5, 0.6) is 0 Å². The molecule has 0 aromatic heterocycles. The van der Waals surface area contributed by atoms with Crippen LogP contribution in [-0.4, -0.2) is 36.7 Å².